The van der Waals surface area contributed by atoms with Crippen molar-refractivity contribution in [3.63, 3.8) is 0 Å². The summed E-state index contributed by atoms with van der Waals surface area (Å²) in [7, 11) is 0. The lowest BCUT2D eigenvalue weighted by Crippen LogP contribution is -2.45. The van der Waals surface area contributed by atoms with Gasteiger partial charge in [0.1, 0.15) is 37.7 Å². The predicted molar refractivity (Wildman–Crippen MR) is 181 cm³/mol. The highest BCUT2D eigenvalue weighted by atomic mass is 35.5. The zero-order valence-electron chi connectivity index (χ0n) is 26.0. The highest BCUT2D eigenvalue weighted by Crippen LogP contribution is 2.40. The van der Waals surface area contributed by atoms with E-state index in [1.54, 1.807) is 29.3 Å². The molecule has 3 aromatic carbocycles. The number of hydrogen-bond acceptors (Lipinski definition) is 9. The molecule has 0 radical (unpaired) electrons. The standard InChI is InChI=1S/C35H35Cl2N7O3/c1-25-12-13-39-34(41-25)27-4-2-26(3-5-27)19-42-14-16-43(17-15-42)29-7-9-30(10-8-29)45-20-31-21-46-35(47-31,22-44-24-38-23-40-44)32-11-6-28(36)18-33(32)37/h2-13,18,23-24,31H,14-17,19-22H2,1H3. The zero-order chi connectivity index (χ0) is 32.2. The number of rotatable bonds is 10. The molecule has 2 fully saturated rings. The second-order valence-electron chi connectivity index (χ2n) is 11.8. The summed E-state index contributed by atoms with van der Waals surface area (Å²) in [6.45, 7) is 7.76. The summed E-state index contributed by atoms with van der Waals surface area (Å²) in [5, 5.41) is 5.23. The first kappa shape index (κ1) is 31.5. The molecule has 2 saturated heterocycles. The predicted octanol–water partition coefficient (Wildman–Crippen LogP) is 6.02. The summed E-state index contributed by atoms with van der Waals surface area (Å²) in [6.07, 6.45) is 4.58. The molecular formula is C35H35Cl2N7O3. The molecule has 0 bridgehead atoms. The van der Waals surface area contributed by atoms with E-state index in [2.05, 4.69) is 66.2 Å². The van der Waals surface area contributed by atoms with Gasteiger partial charge >= 0.3 is 0 Å². The van der Waals surface area contributed by atoms with Crippen molar-refractivity contribution < 1.29 is 14.2 Å². The summed E-state index contributed by atoms with van der Waals surface area (Å²) in [5.41, 5.74) is 5.16. The van der Waals surface area contributed by atoms with Crippen LogP contribution in [0.1, 0.15) is 16.8 Å². The molecule has 7 rings (SSSR count). The van der Waals surface area contributed by atoms with Gasteiger partial charge in [-0.1, -0.05) is 53.5 Å². The Morgan fingerprint density at radius 3 is 2.49 bits per heavy atom. The summed E-state index contributed by atoms with van der Waals surface area (Å²) < 4.78 is 20.5. The topological polar surface area (TPSA) is 90.7 Å². The number of piperazine rings is 1. The van der Waals surface area contributed by atoms with Gasteiger partial charge in [-0.3, -0.25) is 4.90 Å². The number of nitrogens with zero attached hydrogens (tertiary/aromatic N) is 7. The second-order valence-corrected chi connectivity index (χ2v) is 12.7. The lowest BCUT2D eigenvalue weighted by molar-refractivity contribution is -0.190. The maximum absolute atomic E-state index is 6.58. The molecule has 47 heavy (non-hydrogen) atoms. The summed E-state index contributed by atoms with van der Waals surface area (Å²) in [5.74, 6) is 0.395. The van der Waals surface area contributed by atoms with Gasteiger partial charge in [0, 0.05) is 66.5 Å². The zero-order valence-corrected chi connectivity index (χ0v) is 27.5. The molecule has 0 spiro atoms. The van der Waals surface area contributed by atoms with Crippen molar-refractivity contribution >= 4 is 28.9 Å². The van der Waals surface area contributed by atoms with E-state index in [0.717, 1.165) is 55.6 Å². The second kappa shape index (κ2) is 14.0. The fourth-order valence-corrected chi connectivity index (χ4v) is 6.55. The molecule has 0 N–H and O–H groups in total. The molecule has 2 atom stereocenters. The SMILES string of the molecule is Cc1ccnc(-c2ccc(CN3CCN(c4ccc(OCC5COC(Cn6cncn6)(c6ccc(Cl)cc6Cl)O5)cc4)CC3)cc2)n1. The average Bonchev–Trinajstić information content (AvgIpc) is 3.75. The minimum Gasteiger partial charge on any atom is -0.491 e. The molecule has 0 aliphatic carbocycles. The van der Waals surface area contributed by atoms with Gasteiger partial charge in [-0.25, -0.2) is 19.6 Å². The number of ether oxygens (including phenoxy) is 3. The lowest BCUT2D eigenvalue weighted by atomic mass is 10.1. The fraction of sp³-hybridized carbons (Fsp3) is 0.314. The van der Waals surface area contributed by atoms with Crippen LogP contribution in [0.4, 0.5) is 5.69 Å². The van der Waals surface area contributed by atoms with Crippen molar-refractivity contribution in [3.05, 3.63) is 119 Å². The Morgan fingerprint density at radius 1 is 0.957 bits per heavy atom. The Hall–Kier alpha value is -4.06. The molecule has 0 amide bonds. The number of aryl methyl sites for hydroxylation is 1. The molecule has 12 heteroatoms. The van der Waals surface area contributed by atoms with Gasteiger partial charge in [0.05, 0.1) is 11.6 Å². The van der Waals surface area contributed by atoms with E-state index in [1.165, 1.54) is 17.6 Å². The number of hydrogen-bond donors (Lipinski definition) is 0. The number of halogens is 2. The van der Waals surface area contributed by atoms with Crippen molar-refractivity contribution in [3.8, 4) is 17.1 Å². The van der Waals surface area contributed by atoms with Gasteiger partial charge in [-0.2, -0.15) is 5.10 Å². The first-order chi connectivity index (χ1) is 22.9. The van der Waals surface area contributed by atoms with Crippen LogP contribution in [0.2, 0.25) is 10.0 Å². The van der Waals surface area contributed by atoms with E-state index in [-0.39, 0.29) is 12.6 Å². The Kier molecular flexibility index (Phi) is 9.37. The fourth-order valence-electron chi connectivity index (χ4n) is 5.99. The Labute approximate surface area is 283 Å². The van der Waals surface area contributed by atoms with Crippen molar-refractivity contribution in [2.24, 2.45) is 0 Å². The third kappa shape index (κ3) is 7.42. The normalized spacial score (nSPS) is 20.1. The maximum Gasteiger partial charge on any atom is 0.217 e. The highest BCUT2D eigenvalue weighted by molar-refractivity contribution is 6.35. The number of benzene rings is 3. The van der Waals surface area contributed by atoms with Gasteiger partial charge in [0.15, 0.2) is 5.82 Å². The van der Waals surface area contributed by atoms with Crippen LogP contribution < -0.4 is 9.64 Å². The minimum absolute atomic E-state index is 0.280. The van der Waals surface area contributed by atoms with Gasteiger partial charge in [0.2, 0.25) is 5.79 Å². The van der Waals surface area contributed by atoms with Crippen LogP contribution in [-0.2, 0) is 28.4 Å². The minimum atomic E-state index is -1.14. The van der Waals surface area contributed by atoms with Crippen LogP contribution >= 0.6 is 23.2 Å². The number of anilines is 1. The smallest absolute Gasteiger partial charge is 0.217 e. The van der Waals surface area contributed by atoms with Crippen LogP contribution in [0.25, 0.3) is 11.4 Å². The third-order valence-corrected chi connectivity index (χ3v) is 9.01. The molecule has 5 aromatic rings. The quantitative estimate of drug-likeness (QED) is 0.177. The van der Waals surface area contributed by atoms with Crippen LogP contribution in [0.15, 0.2) is 91.6 Å². The van der Waals surface area contributed by atoms with Crippen LogP contribution in [-0.4, -0.2) is 75.1 Å². The number of aromatic nitrogens is 5. The molecule has 0 saturated carbocycles. The largest absolute Gasteiger partial charge is 0.491 e. The van der Waals surface area contributed by atoms with E-state index in [9.17, 15) is 0 Å². The van der Waals surface area contributed by atoms with Crippen LogP contribution in [0, 0.1) is 6.92 Å². The molecule has 2 aliphatic heterocycles. The third-order valence-electron chi connectivity index (χ3n) is 8.46. The van der Waals surface area contributed by atoms with Crippen LogP contribution in [0.3, 0.4) is 0 Å². The molecule has 2 unspecified atom stereocenters. The lowest BCUT2D eigenvalue weighted by Gasteiger charge is -2.36. The van der Waals surface area contributed by atoms with E-state index in [4.69, 9.17) is 37.4 Å². The first-order valence-electron chi connectivity index (χ1n) is 15.6. The van der Waals surface area contributed by atoms with E-state index in [0.29, 0.717) is 28.8 Å². The highest BCUT2D eigenvalue weighted by Gasteiger charge is 2.45. The summed E-state index contributed by atoms with van der Waals surface area (Å²) >= 11 is 12.7. The van der Waals surface area contributed by atoms with E-state index >= 15 is 0 Å². The van der Waals surface area contributed by atoms with E-state index in [1.807, 2.05) is 31.2 Å². The Morgan fingerprint density at radius 2 is 1.77 bits per heavy atom. The molecule has 4 heterocycles. The summed E-state index contributed by atoms with van der Waals surface area (Å²) in [4.78, 5) is 17.9. The van der Waals surface area contributed by atoms with Crippen molar-refractivity contribution in [1.29, 1.82) is 0 Å². The van der Waals surface area contributed by atoms with E-state index < -0.39 is 5.79 Å². The molecule has 2 aliphatic rings. The van der Waals surface area contributed by atoms with Crippen LogP contribution in [0.5, 0.6) is 5.75 Å². The van der Waals surface area contributed by atoms with Gasteiger partial charge in [-0.05, 0) is 55.0 Å². The van der Waals surface area contributed by atoms with Gasteiger partial charge in [-0.15, -0.1) is 0 Å². The average molecular weight is 673 g/mol. The monoisotopic (exact) mass is 671 g/mol. The Bertz CT molecular complexity index is 1780. The van der Waals surface area contributed by atoms with Crippen molar-refractivity contribution in [2.75, 3.05) is 44.3 Å². The first-order valence-corrected chi connectivity index (χ1v) is 16.4. The molecular weight excluding hydrogens is 637 g/mol. The van der Waals surface area contributed by atoms with Gasteiger partial charge in [0.25, 0.3) is 0 Å². The Balaban J connectivity index is 0.905. The summed E-state index contributed by atoms with van der Waals surface area (Å²) in [6, 6.07) is 24.0. The molecule has 2 aromatic heterocycles. The van der Waals surface area contributed by atoms with Gasteiger partial charge < -0.3 is 19.1 Å². The molecule has 10 nitrogen and oxygen atoms in total. The maximum atomic E-state index is 6.58. The molecule has 242 valence electrons. The van der Waals surface area contributed by atoms with Crippen molar-refractivity contribution in [2.45, 2.75) is 31.9 Å². The van der Waals surface area contributed by atoms with Crippen molar-refractivity contribution in [1.82, 2.24) is 29.6 Å².